The van der Waals surface area contributed by atoms with Crippen LogP contribution in [0.1, 0.15) is 119 Å². The van der Waals surface area contributed by atoms with Crippen molar-refractivity contribution in [2.45, 2.75) is 96.9 Å². The van der Waals surface area contributed by atoms with Gasteiger partial charge in [-0.05, 0) is 88.1 Å². The summed E-state index contributed by atoms with van der Waals surface area (Å²) in [6.07, 6.45) is 8.73. The van der Waals surface area contributed by atoms with Crippen LogP contribution in [-0.2, 0) is 25.5 Å². The number of carbonyl (C=O) groups excluding carboxylic acids is 2. The molecule has 0 aliphatic carbocycles. The van der Waals surface area contributed by atoms with Crippen molar-refractivity contribution in [3.8, 4) is 0 Å². The minimum absolute atomic E-state index is 0.230. The zero-order valence-corrected chi connectivity index (χ0v) is 35.9. The van der Waals surface area contributed by atoms with Crippen molar-refractivity contribution in [2.24, 2.45) is 10.8 Å². The first-order valence-electron chi connectivity index (χ1n) is 22.4. The number of nitrogens with zero attached hydrogens (tertiary/aromatic N) is 5. The highest BCUT2D eigenvalue weighted by Gasteiger charge is 2.54. The number of piperidine rings is 2. The number of rotatable bonds is 8. The lowest BCUT2D eigenvalue weighted by Gasteiger charge is -2.50. The number of aromatic nitrogens is 2. The summed E-state index contributed by atoms with van der Waals surface area (Å²) >= 11 is 0. The molecular weight excluding hydrogens is 767 g/mol. The van der Waals surface area contributed by atoms with Crippen LogP contribution >= 0.6 is 0 Å². The fourth-order valence-corrected chi connectivity index (χ4v) is 12.4. The topological polar surface area (TPSA) is 113 Å². The first-order valence-corrected chi connectivity index (χ1v) is 22.4. The van der Waals surface area contributed by atoms with Gasteiger partial charge in [-0.3, -0.25) is 0 Å². The van der Waals surface area contributed by atoms with E-state index in [0.29, 0.717) is 30.7 Å². The number of likely N-dealkylation sites (N-methyl/N-ethyl adjacent to an activating group) is 1. The molecule has 318 valence electrons. The summed E-state index contributed by atoms with van der Waals surface area (Å²) in [4.78, 5) is 31.5. The van der Waals surface area contributed by atoms with Crippen LogP contribution in [0.25, 0.3) is 33.0 Å². The summed E-state index contributed by atoms with van der Waals surface area (Å²) in [5.74, 6) is -1.01. The summed E-state index contributed by atoms with van der Waals surface area (Å²) in [5, 5.41) is 28.9. The number of benzene rings is 3. The van der Waals surface area contributed by atoms with E-state index in [1.54, 1.807) is 0 Å². The van der Waals surface area contributed by atoms with Crippen molar-refractivity contribution in [2.75, 3.05) is 38.3 Å². The van der Waals surface area contributed by atoms with Crippen LogP contribution in [0, 0.1) is 10.8 Å². The van der Waals surface area contributed by atoms with Gasteiger partial charge < -0.3 is 33.9 Å². The largest absolute Gasteiger partial charge is 0.462 e. The van der Waals surface area contributed by atoms with E-state index >= 15 is 0 Å². The predicted molar refractivity (Wildman–Crippen MR) is 236 cm³/mol. The molecule has 0 amide bonds. The Bertz CT molecular complexity index is 2640. The Hall–Kier alpha value is -5.20. The van der Waals surface area contributed by atoms with E-state index in [9.17, 15) is 20.0 Å². The minimum Gasteiger partial charge on any atom is -0.462 e. The summed E-state index contributed by atoms with van der Waals surface area (Å²) in [5.41, 5.74) is 7.72. The first-order chi connectivity index (χ1) is 29.6. The Morgan fingerprint density at radius 3 is 1.67 bits per heavy atom. The van der Waals surface area contributed by atoms with Crippen LogP contribution in [0.5, 0.6) is 0 Å². The number of esters is 2. The number of anilines is 1. The molecule has 0 saturated carbocycles. The minimum atomic E-state index is -0.509. The Morgan fingerprint density at radius 2 is 1.15 bits per heavy atom. The van der Waals surface area contributed by atoms with Gasteiger partial charge in [0, 0.05) is 58.9 Å². The second-order valence-corrected chi connectivity index (χ2v) is 17.8. The van der Waals surface area contributed by atoms with Gasteiger partial charge in [0.2, 0.25) is 0 Å². The normalized spacial score (nSPS) is 27.4. The van der Waals surface area contributed by atoms with Crippen molar-refractivity contribution in [1.29, 1.82) is 0 Å². The zero-order valence-electron chi connectivity index (χ0n) is 35.9. The average Bonchev–Trinajstić information content (AvgIpc) is 3.79. The molecule has 5 aliphatic rings. The summed E-state index contributed by atoms with van der Waals surface area (Å²) in [7, 11) is 2.14. The molecule has 6 atom stereocenters. The third-order valence-corrected chi connectivity index (χ3v) is 15.0. The van der Waals surface area contributed by atoms with Crippen molar-refractivity contribution in [3.05, 3.63) is 113 Å². The van der Waals surface area contributed by atoms with E-state index in [4.69, 9.17) is 9.47 Å². The molecule has 5 aromatic rings. The Morgan fingerprint density at radius 1 is 0.672 bits per heavy atom. The molecular formula is C50H57N5O6. The first kappa shape index (κ1) is 39.9. The molecule has 0 spiro atoms. The van der Waals surface area contributed by atoms with Gasteiger partial charge in [-0.25, -0.2) is 9.59 Å². The van der Waals surface area contributed by atoms with Gasteiger partial charge in [0.05, 0.1) is 52.8 Å². The number of ether oxygens (including phenoxy) is 2. The van der Waals surface area contributed by atoms with E-state index in [-0.39, 0.29) is 37.1 Å². The molecule has 61 heavy (non-hydrogen) atoms. The Kier molecular flexibility index (Phi) is 9.82. The van der Waals surface area contributed by atoms with Crippen molar-refractivity contribution in [3.63, 3.8) is 0 Å². The van der Waals surface area contributed by atoms with Crippen LogP contribution in [0.15, 0.2) is 84.9 Å². The summed E-state index contributed by atoms with van der Waals surface area (Å²) in [6, 6.07) is 24.9. The van der Waals surface area contributed by atoms with E-state index in [1.165, 1.54) is 15.7 Å². The molecule has 0 unspecified atom stereocenters. The van der Waals surface area contributed by atoms with Crippen molar-refractivity contribution >= 4 is 50.6 Å². The monoisotopic (exact) mass is 823 g/mol. The quantitative estimate of drug-likeness (QED) is 0.148. The summed E-state index contributed by atoms with van der Waals surface area (Å²) in [6.45, 7) is 9.49. The molecule has 3 aromatic carbocycles. The van der Waals surface area contributed by atoms with Crippen LogP contribution in [0.3, 0.4) is 0 Å². The molecule has 2 fully saturated rings. The maximum atomic E-state index is 14.6. The fraction of sp³-hybridized carbons (Fsp3) is 0.440. The lowest BCUT2D eigenvalue weighted by atomic mass is 9.70. The Balaban J connectivity index is 1.32. The van der Waals surface area contributed by atoms with E-state index < -0.39 is 23.2 Å². The van der Waals surface area contributed by atoms with Gasteiger partial charge in [0.25, 0.3) is 0 Å². The van der Waals surface area contributed by atoms with Gasteiger partial charge in [-0.15, -0.1) is 0 Å². The fourth-order valence-electron chi connectivity index (χ4n) is 12.4. The molecule has 2 saturated heterocycles. The highest BCUT2D eigenvalue weighted by molar-refractivity contribution is 6.20. The van der Waals surface area contributed by atoms with Crippen LogP contribution in [0.4, 0.5) is 5.69 Å². The molecule has 11 heteroatoms. The zero-order chi connectivity index (χ0) is 42.4. The third-order valence-electron chi connectivity index (χ3n) is 15.0. The van der Waals surface area contributed by atoms with Gasteiger partial charge in [0.1, 0.15) is 12.3 Å². The molecule has 5 aliphatic heterocycles. The molecule has 0 bridgehead atoms. The van der Waals surface area contributed by atoms with E-state index in [1.807, 2.05) is 26.0 Å². The lowest BCUT2D eigenvalue weighted by Crippen LogP contribution is -2.49. The maximum absolute atomic E-state index is 14.6. The van der Waals surface area contributed by atoms with Gasteiger partial charge in [-0.1, -0.05) is 80.6 Å². The predicted octanol–water partition coefficient (Wildman–Crippen LogP) is 9.79. The summed E-state index contributed by atoms with van der Waals surface area (Å²) < 4.78 is 16.3. The SMILES string of the molecule is CCOC(=O)C1=C[C@]2(CC)CCCN(O)[C@@H]2n2c1c([C@H]1Cc3ccccc3N(C)[C@@H]1c1c3n(c4ccccc14)[C@H]1N(O)CCC[C@@]1(CC)C=C3C(=O)OCC)c1ccccc12. The Labute approximate surface area is 357 Å². The second-order valence-electron chi connectivity index (χ2n) is 17.8. The number of fused-ring (bicyclic) bond motifs is 11. The van der Waals surface area contributed by atoms with Gasteiger partial charge in [0.15, 0.2) is 0 Å². The third kappa shape index (κ3) is 5.69. The molecule has 7 heterocycles. The van der Waals surface area contributed by atoms with Crippen LogP contribution in [0.2, 0.25) is 0 Å². The van der Waals surface area contributed by atoms with E-state index in [2.05, 4.69) is 108 Å². The highest BCUT2D eigenvalue weighted by atomic mass is 16.5. The number of carbonyl (C=O) groups is 2. The number of hydrogen-bond donors (Lipinski definition) is 2. The molecule has 11 nitrogen and oxygen atoms in total. The average molecular weight is 824 g/mol. The molecule has 2 N–H and O–H groups in total. The standard InChI is InChI=1S/C50H57N5O6/c1-6-49-24-16-26-52(58)47(49)54-38-22-14-11-19-32(38)40(43(54)35(29-49)45(56)60-8-3)34-28-31-18-10-13-21-37(31)51(5)42(34)41-33-20-12-15-23-39(33)55-44(41)36(46(57)61-9-4)30-50(7-2)25-17-27-53(59)48(50)55/h10-15,18-23,29-30,34,42,47-48,58-59H,6-9,16-17,24-28H2,1-5H3/t34-,42+,47-,48-,49+,50+/m1/s1. The highest BCUT2D eigenvalue weighted by Crippen LogP contribution is 2.60. The van der Waals surface area contributed by atoms with Crippen LogP contribution in [-0.4, -0.2) is 75.0 Å². The van der Waals surface area contributed by atoms with Gasteiger partial charge in [-0.2, -0.15) is 10.1 Å². The molecule has 2 aromatic heterocycles. The maximum Gasteiger partial charge on any atom is 0.339 e. The molecule has 0 radical (unpaired) electrons. The number of hydrogen-bond acceptors (Lipinski definition) is 9. The molecule has 10 rings (SSSR count). The van der Waals surface area contributed by atoms with Crippen molar-refractivity contribution in [1.82, 2.24) is 19.3 Å². The van der Waals surface area contributed by atoms with Crippen molar-refractivity contribution < 1.29 is 29.5 Å². The van der Waals surface area contributed by atoms with Crippen LogP contribution < -0.4 is 4.90 Å². The van der Waals surface area contributed by atoms with Gasteiger partial charge >= 0.3 is 11.9 Å². The second kappa shape index (κ2) is 15.0. The van der Waals surface area contributed by atoms with E-state index in [0.717, 1.165) is 88.5 Å². The smallest absolute Gasteiger partial charge is 0.339 e. The lowest BCUT2D eigenvalue weighted by molar-refractivity contribution is -0.203. The number of para-hydroxylation sites is 3. The number of hydroxylamine groups is 4.